The van der Waals surface area contributed by atoms with Crippen LogP contribution in [0.5, 0.6) is 0 Å². The molecule has 1 aromatic carbocycles. The van der Waals surface area contributed by atoms with Crippen LogP contribution in [-0.2, 0) is 5.67 Å². The van der Waals surface area contributed by atoms with E-state index in [0.717, 1.165) is 43.4 Å². The van der Waals surface area contributed by atoms with Crippen molar-refractivity contribution in [3.05, 3.63) is 66.1 Å². The zero-order chi connectivity index (χ0) is 20.4. The molecule has 0 saturated carbocycles. The summed E-state index contributed by atoms with van der Waals surface area (Å²) in [6.45, 7) is 9.16. The van der Waals surface area contributed by atoms with Crippen molar-refractivity contribution in [3.8, 4) is 0 Å². The molecule has 4 nitrogen and oxygen atoms in total. The van der Waals surface area contributed by atoms with E-state index >= 15 is 4.39 Å². The fourth-order valence-electron chi connectivity index (χ4n) is 4.18. The lowest BCUT2D eigenvalue weighted by Crippen LogP contribution is -2.45. The molecule has 0 atom stereocenters. The number of likely N-dealkylation sites (tertiary alicyclic amines) is 1. The van der Waals surface area contributed by atoms with Gasteiger partial charge in [0.15, 0.2) is 0 Å². The van der Waals surface area contributed by atoms with Crippen molar-refractivity contribution >= 4 is 11.5 Å². The first-order valence-corrected chi connectivity index (χ1v) is 10.2. The van der Waals surface area contributed by atoms with Gasteiger partial charge in [0.25, 0.3) is 0 Å². The van der Waals surface area contributed by atoms with Crippen molar-refractivity contribution in [2.24, 2.45) is 0 Å². The number of piperidine rings is 1. The van der Waals surface area contributed by atoms with Gasteiger partial charge in [0, 0.05) is 57.7 Å². The van der Waals surface area contributed by atoms with Gasteiger partial charge in [-0.25, -0.2) is 13.8 Å². The van der Waals surface area contributed by atoms with Crippen LogP contribution in [0.25, 0.3) is 5.70 Å². The topological polar surface area (TPSA) is 22.6 Å². The molecule has 0 bridgehead atoms. The van der Waals surface area contributed by atoms with Gasteiger partial charge in [0.2, 0.25) is 0 Å². The van der Waals surface area contributed by atoms with Gasteiger partial charge in [-0.15, -0.1) is 0 Å². The van der Waals surface area contributed by atoms with Crippen LogP contribution in [-0.4, -0.2) is 61.1 Å². The molecule has 1 aromatic heterocycles. The first-order chi connectivity index (χ1) is 14.0. The number of piperazine rings is 1. The monoisotopic (exact) mass is 398 g/mol. The molecule has 0 unspecified atom stereocenters. The van der Waals surface area contributed by atoms with Gasteiger partial charge in [-0.2, -0.15) is 0 Å². The lowest BCUT2D eigenvalue weighted by Gasteiger charge is -2.39. The fraction of sp³-hybridized carbons (Fsp3) is 0.435. The number of likely N-dealkylation sites (N-methyl/N-ethyl adjacent to an activating group) is 1. The maximum Gasteiger partial charge on any atom is 0.142 e. The summed E-state index contributed by atoms with van der Waals surface area (Å²) in [6, 6.07) is 12.2. The van der Waals surface area contributed by atoms with E-state index in [-0.39, 0.29) is 18.4 Å². The van der Waals surface area contributed by atoms with Crippen LogP contribution >= 0.6 is 0 Å². The van der Waals surface area contributed by atoms with E-state index in [9.17, 15) is 4.39 Å². The third-order valence-corrected chi connectivity index (χ3v) is 6.15. The molecule has 0 N–H and O–H groups in total. The summed E-state index contributed by atoms with van der Waals surface area (Å²) in [5.41, 5.74) is 0.160. The summed E-state index contributed by atoms with van der Waals surface area (Å²) in [5, 5.41) is 0. The van der Waals surface area contributed by atoms with Crippen molar-refractivity contribution in [2.45, 2.75) is 18.5 Å². The Balaban J connectivity index is 1.44. The number of pyridine rings is 1. The first-order valence-electron chi connectivity index (χ1n) is 10.2. The highest BCUT2D eigenvalue weighted by molar-refractivity contribution is 5.61. The third-order valence-electron chi connectivity index (χ3n) is 6.15. The van der Waals surface area contributed by atoms with Crippen LogP contribution in [0.1, 0.15) is 24.1 Å². The lowest BCUT2D eigenvalue weighted by molar-refractivity contribution is 0.0755. The SMILES string of the molecule is C=C(c1cccc(N2CCN(C)CC2)n1)N1CCC(F)(c2ccccc2F)CC1. The van der Waals surface area contributed by atoms with Crippen LogP contribution in [0.15, 0.2) is 49.0 Å². The number of alkyl halides is 1. The maximum atomic E-state index is 15.4. The molecule has 29 heavy (non-hydrogen) atoms. The van der Waals surface area contributed by atoms with E-state index in [4.69, 9.17) is 4.98 Å². The Labute approximate surface area is 171 Å². The van der Waals surface area contributed by atoms with Crippen molar-refractivity contribution in [1.82, 2.24) is 14.8 Å². The van der Waals surface area contributed by atoms with Crippen LogP contribution < -0.4 is 4.90 Å². The summed E-state index contributed by atoms with van der Waals surface area (Å²) in [4.78, 5) is 11.5. The Morgan fingerprint density at radius 1 is 0.966 bits per heavy atom. The summed E-state index contributed by atoms with van der Waals surface area (Å²) < 4.78 is 29.5. The second-order valence-corrected chi connectivity index (χ2v) is 8.05. The average Bonchev–Trinajstić information content (AvgIpc) is 2.75. The number of nitrogens with zero attached hydrogens (tertiary/aromatic N) is 4. The minimum atomic E-state index is -1.63. The molecule has 2 fully saturated rings. The number of aromatic nitrogens is 1. The summed E-state index contributed by atoms with van der Waals surface area (Å²) in [6.07, 6.45) is 0.482. The third kappa shape index (κ3) is 4.13. The Morgan fingerprint density at radius 3 is 2.34 bits per heavy atom. The number of benzene rings is 1. The van der Waals surface area contributed by atoms with Gasteiger partial charge in [0.1, 0.15) is 17.3 Å². The van der Waals surface area contributed by atoms with E-state index in [2.05, 4.69) is 28.3 Å². The second-order valence-electron chi connectivity index (χ2n) is 8.05. The maximum absolute atomic E-state index is 15.4. The van der Waals surface area contributed by atoms with E-state index in [0.29, 0.717) is 13.1 Å². The highest BCUT2D eigenvalue weighted by Gasteiger charge is 2.38. The fourth-order valence-corrected chi connectivity index (χ4v) is 4.18. The average molecular weight is 399 g/mol. The smallest absolute Gasteiger partial charge is 0.142 e. The normalized spacial score (nSPS) is 20.0. The zero-order valence-corrected chi connectivity index (χ0v) is 17.0. The van der Waals surface area contributed by atoms with Crippen molar-refractivity contribution < 1.29 is 8.78 Å². The van der Waals surface area contributed by atoms with Crippen molar-refractivity contribution in [2.75, 3.05) is 51.2 Å². The number of rotatable bonds is 4. The zero-order valence-electron chi connectivity index (χ0n) is 17.0. The van der Waals surface area contributed by atoms with Crippen LogP contribution in [0.4, 0.5) is 14.6 Å². The Bertz CT molecular complexity index is 869. The Morgan fingerprint density at radius 2 is 1.66 bits per heavy atom. The predicted molar refractivity (Wildman–Crippen MR) is 113 cm³/mol. The number of hydrogen-bond donors (Lipinski definition) is 0. The summed E-state index contributed by atoms with van der Waals surface area (Å²) in [7, 11) is 2.13. The van der Waals surface area contributed by atoms with Gasteiger partial charge in [-0.1, -0.05) is 30.8 Å². The molecular weight excluding hydrogens is 370 g/mol. The van der Waals surface area contributed by atoms with Gasteiger partial charge in [-0.05, 0) is 25.2 Å². The van der Waals surface area contributed by atoms with Gasteiger partial charge in [-0.3, -0.25) is 0 Å². The predicted octanol–water partition coefficient (Wildman–Crippen LogP) is 3.90. The largest absolute Gasteiger partial charge is 0.370 e. The highest BCUT2D eigenvalue weighted by Crippen LogP contribution is 2.39. The standard InChI is InChI=1S/C23H28F2N4/c1-18(21-8-5-9-22(26-21)29-16-14-27(2)15-17-29)28-12-10-23(25,11-13-28)19-6-3-4-7-20(19)24/h3-9H,1,10-17H2,2H3. The first kappa shape index (κ1) is 19.8. The molecule has 4 rings (SSSR count). The molecule has 2 aromatic rings. The molecule has 0 radical (unpaired) electrons. The molecule has 0 amide bonds. The van der Waals surface area contributed by atoms with E-state index in [1.807, 2.05) is 18.2 Å². The van der Waals surface area contributed by atoms with Crippen molar-refractivity contribution in [3.63, 3.8) is 0 Å². The quantitative estimate of drug-likeness (QED) is 0.779. The van der Waals surface area contributed by atoms with E-state index in [1.54, 1.807) is 18.2 Å². The molecule has 3 heterocycles. The molecule has 154 valence electrons. The summed E-state index contributed by atoms with van der Waals surface area (Å²) >= 11 is 0. The molecule has 6 heteroatoms. The Kier molecular flexibility index (Phi) is 5.54. The molecule has 2 aliphatic heterocycles. The van der Waals surface area contributed by atoms with E-state index < -0.39 is 11.5 Å². The molecule has 0 spiro atoms. The lowest BCUT2D eigenvalue weighted by atomic mass is 9.85. The van der Waals surface area contributed by atoms with E-state index in [1.165, 1.54) is 6.07 Å². The molecule has 2 saturated heterocycles. The molecule has 0 aliphatic carbocycles. The van der Waals surface area contributed by atoms with Gasteiger partial charge < -0.3 is 14.7 Å². The Hall–Kier alpha value is -2.47. The van der Waals surface area contributed by atoms with Gasteiger partial charge >= 0.3 is 0 Å². The van der Waals surface area contributed by atoms with Crippen molar-refractivity contribution in [1.29, 1.82) is 0 Å². The number of halogens is 2. The molecular formula is C23H28F2N4. The minimum absolute atomic E-state index is 0.167. The summed E-state index contributed by atoms with van der Waals surface area (Å²) in [5.74, 6) is 0.490. The number of anilines is 1. The second kappa shape index (κ2) is 8.11. The van der Waals surface area contributed by atoms with Crippen LogP contribution in [0.3, 0.4) is 0 Å². The highest BCUT2D eigenvalue weighted by atomic mass is 19.1. The van der Waals surface area contributed by atoms with Crippen LogP contribution in [0, 0.1) is 5.82 Å². The van der Waals surface area contributed by atoms with Gasteiger partial charge in [0.05, 0.1) is 11.4 Å². The molecule has 2 aliphatic rings. The number of hydrogen-bond acceptors (Lipinski definition) is 4. The minimum Gasteiger partial charge on any atom is -0.370 e. The van der Waals surface area contributed by atoms with Crippen LogP contribution in [0.2, 0.25) is 0 Å².